The summed E-state index contributed by atoms with van der Waals surface area (Å²) in [7, 11) is 0. The molecule has 1 unspecified atom stereocenters. The van der Waals surface area contributed by atoms with Gasteiger partial charge < -0.3 is 19.7 Å². The highest BCUT2D eigenvalue weighted by Crippen LogP contribution is 2.35. The number of benzene rings is 1. The first-order chi connectivity index (χ1) is 15.6. The molecule has 33 heavy (non-hydrogen) atoms. The Labute approximate surface area is 191 Å². The molecule has 2 aromatic rings. The van der Waals surface area contributed by atoms with Crippen LogP contribution in [0.25, 0.3) is 0 Å². The van der Waals surface area contributed by atoms with Crippen LogP contribution in [0.15, 0.2) is 24.3 Å². The molecule has 1 saturated carbocycles. The summed E-state index contributed by atoms with van der Waals surface area (Å²) in [5.74, 6) is 0.794. The summed E-state index contributed by atoms with van der Waals surface area (Å²) >= 11 is 0. The fourth-order valence-electron chi connectivity index (χ4n) is 4.05. The Hall–Kier alpha value is -3.16. The molecule has 1 fully saturated rings. The Morgan fingerprint density at radius 3 is 2.67 bits per heavy atom. The van der Waals surface area contributed by atoms with Gasteiger partial charge in [-0.05, 0) is 57.6 Å². The van der Waals surface area contributed by atoms with Crippen LogP contribution in [0.2, 0.25) is 0 Å². The van der Waals surface area contributed by atoms with Gasteiger partial charge in [-0.2, -0.15) is 10.2 Å². The third-order valence-electron chi connectivity index (χ3n) is 5.72. The minimum absolute atomic E-state index is 0.0896. The molecule has 1 aromatic heterocycles. The van der Waals surface area contributed by atoms with E-state index in [2.05, 4.69) is 33.3 Å². The van der Waals surface area contributed by atoms with Crippen molar-refractivity contribution < 1.29 is 22.6 Å². The second kappa shape index (κ2) is 10.2. The van der Waals surface area contributed by atoms with Crippen LogP contribution in [-0.2, 0) is 0 Å². The fraction of sp³-hybridized carbons (Fsp3) is 0.591. The smallest absolute Gasteiger partial charge is 0.424 e. The SMILES string of the molecule is CCN(C#N)C[C@@H]1CCC(C)[C@H]1Nc1nc(Oc2cccc(OC(F)(F)F)c2)n(C(C)C)n1. The lowest BCUT2D eigenvalue weighted by Crippen LogP contribution is -2.36. The molecular weight excluding hydrogens is 437 g/mol. The van der Waals surface area contributed by atoms with Gasteiger partial charge in [-0.1, -0.05) is 13.0 Å². The normalized spacial score (nSPS) is 20.5. The number of aromatic nitrogens is 3. The number of alkyl halides is 3. The van der Waals surface area contributed by atoms with E-state index in [9.17, 15) is 18.4 Å². The summed E-state index contributed by atoms with van der Waals surface area (Å²) in [6.07, 6.45) is -0.539. The van der Waals surface area contributed by atoms with Crippen molar-refractivity contribution in [3.05, 3.63) is 24.3 Å². The van der Waals surface area contributed by atoms with Gasteiger partial charge in [0.05, 0.1) is 6.04 Å². The molecule has 3 rings (SSSR count). The van der Waals surface area contributed by atoms with Crippen LogP contribution in [0.1, 0.15) is 46.6 Å². The van der Waals surface area contributed by atoms with Crippen molar-refractivity contribution >= 4 is 5.95 Å². The monoisotopic (exact) mass is 466 g/mol. The molecule has 8 nitrogen and oxygen atoms in total. The summed E-state index contributed by atoms with van der Waals surface area (Å²) in [5, 5.41) is 17.2. The predicted molar refractivity (Wildman–Crippen MR) is 116 cm³/mol. The zero-order valence-electron chi connectivity index (χ0n) is 19.1. The fourth-order valence-corrected chi connectivity index (χ4v) is 4.05. The van der Waals surface area contributed by atoms with E-state index in [1.165, 1.54) is 18.2 Å². The lowest BCUT2D eigenvalue weighted by molar-refractivity contribution is -0.274. The molecule has 0 saturated heterocycles. The van der Waals surface area contributed by atoms with Crippen molar-refractivity contribution in [2.24, 2.45) is 11.8 Å². The Morgan fingerprint density at radius 1 is 1.30 bits per heavy atom. The topological polar surface area (TPSA) is 88.2 Å². The molecule has 0 amide bonds. The first-order valence-corrected chi connectivity index (χ1v) is 11.0. The van der Waals surface area contributed by atoms with Gasteiger partial charge in [-0.25, -0.2) is 4.68 Å². The quantitative estimate of drug-likeness (QED) is 0.402. The number of hydrogen-bond donors (Lipinski definition) is 1. The second-order valence-corrected chi connectivity index (χ2v) is 8.50. The highest BCUT2D eigenvalue weighted by atomic mass is 19.4. The van der Waals surface area contributed by atoms with Crippen LogP contribution in [0, 0.1) is 23.3 Å². The van der Waals surface area contributed by atoms with Gasteiger partial charge in [0.15, 0.2) is 6.19 Å². The van der Waals surface area contributed by atoms with Gasteiger partial charge in [0.2, 0.25) is 5.95 Å². The van der Waals surface area contributed by atoms with Crippen LogP contribution in [0.3, 0.4) is 0 Å². The van der Waals surface area contributed by atoms with Crippen LogP contribution in [0.4, 0.5) is 19.1 Å². The molecule has 1 aliphatic rings. The van der Waals surface area contributed by atoms with Gasteiger partial charge >= 0.3 is 12.4 Å². The van der Waals surface area contributed by atoms with Crippen molar-refractivity contribution in [3.8, 4) is 23.7 Å². The number of nitrogens with zero attached hydrogens (tertiary/aromatic N) is 5. The second-order valence-electron chi connectivity index (χ2n) is 8.50. The van der Waals surface area contributed by atoms with E-state index < -0.39 is 6.36 Å². The van der Waals surface area contributed by atoms with Crippen LogP contribution in [-0.4, -0.2) is 45.2 Å². The minimum Gasteiger partial charge on any atom is -0.424 e. The Kier molecular flexibility index (Phi) is 7.56. The van der Waals surface area contributed by atoms with E-state index in [1.54, 1.807) is 9.58 Å². The largest absolute Gasteiger partial charge is 0.573 e. The van der Waals surface area contributed by atoms with E-state index in [1.807, 2.05) is 20.8 Å². The highest BCUT2D eigenvalue weighted by Gasteiger charge is 2.35. The summed E-state index contributed by atoms with van der Waals surface area (Å²) in [4.78, 5) is 6.20. The molecule has 1 heterocycles. The van der Waals surface area contributed by atoms with Gasteiger partial charge in [-0.15, -0.1) is 18.3 Å². The van der Waals surface area contributed by atoms with Crippen molar-refractivity contribution in [2.75, 3.05) is 18.4 Å². The average molecular weight is 467 g/mol. The first kappa shape index (κ1) is 24.5. The third kappa shape index (κ3) is 6.43. The summed E-state index contributed by atoms with van der Waals surface area (Å²) in [6, 6.07) is 5.43. The Morgan fingerprint density at radius 2 is 2.03 bits per heavy atom. The molecule has 0 bridgehead atoms. The lowest BCUT2D eigenvalue weighted by atomic mass is 9.98. The third-order valence-corrected chi connectivity index (χ3v) is 5.72. The zero-order valence-corrected chi connectivity index (χ0v) is 19.1. The number of anilines is 1. The van der Waals surface area contributed by atoms with Crippen molar-refractivity contribution in [3.63, 3.8) is 0 Å². The molecule has 1 aliphatic carbocycles. The molecule has 0 aliphatic heterocycles. The van der Waals surface area contributed by atoms with Gasteiger partial charge in [0, 0.05) is 25.2 Å². The maximum atomic E-state index is 12.5. The lowest BCUT2D eigenvalue weighted by Gasteiger charge is -2.26. The summed E-state index contributed by atoms with van der Waals surface area (Å²) in [5.41, 5.74) is 0. The molecule has 1 N–H and O–H groups in total. The number of nitrogens with one attached hydrogen (secondary N) is 1. The zero-order chi connectivity index (χ0) is 24.2. The van der Waals surface area contributed by atoms with Gasteiger partial charge in [0.25, 0.3) is 0 Å². The molecule has 0 spiro atoms. The molecule has 0 radical (unpaired) electrons. The molecule has 1 aromatic carbocycles. The molecule has 11 heteroatoms. The maximum absolute atomic E-state index is 12.5. The van der Waals surface area contributed by atoms with Gasteiger partial charge in [0.1, 0.15) is 11.5 Å². The number of nitriles is 1. The standard InChI is InChI=1S/C22H29F3N6O2/c1-5-30(13-26)12-16-10-9-15(4)19(16)27-20-28-21(31(29-20)14(2)3)32-17-7-6-8-18(11-17)33-22(23,24)25/h6-8,11,14-16,19H,5,9-10,12H2,1-4H3,(H,27,29)/t15?,16-,19+/m0/s1. The Bertz CT molecular complexity index is 972. The first-order valence-electron chi connectivity index (χ1n) is 11.0. The van der Waals surface area contributed by atoms with E-state index in [0.29, 0.717) is 25.0 Å². The van der Waals surface area contributed by atoms with Crippen molar-refractivity contribution in [1.82, 2.24) is 19.7 Å². The van der Waals surface area contributed by atoms with Crippen LogP contribution in [0.5, 0.6) is 17.5 Å². The number of rotatable bonds is 9. The van der Waals surface area contributed by atoms with E-state index in [-0.39, 0.29) is 35.5 Å². The Balaban J connectivity index is 1.78. The van der Waals surface area contributed by atoms with E-state index >= 15 is 0 Å². The van der Waals surface area contributed by atoms with Crippen molar-refractivity contribution in [2.45, 2.75) is 59.0 Å². The number of ether oxygens (including phenoxy) is 2. The predicted octanol–water partition coefficient (Wildman–Crippen LogP) is 5.18. The van der Waals surface area contributed by atoms with Crippen molar-refractivity contribution in [1.29, 1.82) is 5.26 Å². The summed E-state index contributed by atoms with van der Waals surface area (Å²) < 4.78 is 48.9. The maximum Gasteiger partial charge on any atom is 0.573 e. The number of halogens is 3. The van der Waals surface area contributed by atoms with Crippen LogP contribution < -0.4 is 14.8 Å². The number of hydrogen-bond acceptors (Lipinski definition) is 7. The molecule has 3 atom stereocenters. The van der Waals surface area contributed by atoms with E-state index in [4.69, 9.17) is 4.74 Å². The minimum atomic E-state index is -4.79. The molecular formula is C22H29F3N6O2. The van der Waals surface area contributed by atoms with Crippen LogP contribution >= 0.6 is 0 Å². The average Bonchev–Trinajstić information content (AvgIpc) is 3.29. The molecule has 180 valence electrons. The van der Waals surface area contributed by atoms with E-state index in [0.717, 1.165) is 18.9 Å². The summed E-state index contributed by atoms with van der Waals surface area (Å²) in [6.45, 7) is 9.24. The van der Waals surface area contributed by atoms with Gasteiger partial charge in [-0.3, -0.25) is 0 Å². The highest BCUT2D eigenvalue weighted by molar-refractivity contribution is 5.36.